The largest absolute Gasteiger partial charge is 0.424 e. The van der Waals surface area contributed by atoms with Gasteiger partial charge in [-0.2, -0.15) is 5.10 Å². The maximum Gasteiger partial charge on any atom is 0.226 e. The van der Waals surface area contributed by atoms with Crippen molar-refractivity contribution in [1.82, 2.24) is 20.4 Å². The van der Waals surface area contributed by atoms with E-state index < -0.39 is 0 Å². The third-order valence-corrected chi connectivity index (χ3v) is 3.65. The molecular formula is C13H12N4OS. The van der Waals surface area contributed by atoms with E-state index in [4.69, 9.17) is 4.42 Å². The van der Waals surface area contributed by atoms with Crippen LogP contribution in [0.15, 0.2) is 39.9 Å². The minimum absolute atomic E-state index is 0.607. The van der Waals surface area contributed by atoms with E-state index in [1.807, 2.05) is 31.2 Å². The second-order valence-electron chi connectivity index (χ2n) is 3.97. The Morgan fingerprint density at radius 1 is 1.11 bits per heavy atom. The second kappa shape index (κ2) is 5.36. The number of hydrogen-bond donors (Lipinski definition) is 0. The summed E-state index contributed by atoms with van der Waals surface area (Å²) in [7, 11) is 0. The first-order valence-corrected chi connectivity index (χ1v) is 7.00. The zero-order chi connectivity index (χ0) is 13.1. The minimum atomic E-state index is 0.607. The van der Waals surface area contributed by atoms with Crippen molar-refractivity contribution in [2.75, 3.05) is 0 Å². The standard InChI is InChI=1S/C13H12N4OS/c1-2-11-15-16-12(18-11)8-19-13-10-6-4-3-5-9(10)7-14-17-13/h3-7H,2,8H2,1H3. The third kappa shape index (κ3) is 2.58. The monoisotopic (exact) mass is 272 g/mol. The van der Waals surface area contributed by atoms with Crippen LogP contribution in [0.4, 0.5) is 0 Å². The number of hydrogen-bond acceptors (Lipinski definition) is 6. The topological polar surface area (TPSA) is 64.7 Å². The summed E-state index contributed by atoms with van der Waals surface area (Å²) in [5.41, 5.74) is 0. The van der Waals surface area contributed by atoms with Gasteiger partial charge in [-0.3, -0.25) is 0 Å². The van der Waals surface area contributed by atoms with Crippen LogP contribution in [0.25, 0.3) is 10.8 Å². The Morgan fingerprint density at radius 2 is 1.95 bits per heavy atom. The van der Waals surface area contributed by atoms with E-state index in [-0.39, 0.29) is 0 Å². The van der Waals surface area contributed by atoms with Crippen molar-refractivity contribution >= 4 is 22.5 Å². The van der Waals surface area contributed by atoms with Crippen LogP contribution in [-0.4, -0.2) is 20.4 Å². The summed E-state index contributed by atoms with van der Waals surface area (Å²) < 4.78 is 5.48. The summed E-state index contributed by atoms with van der Waals surface area (Å²) in [4.78, 5) is 0. The van der Waals surface area contributed by atoms with Gasteiger partial charge in [0.1, 0.15) is 5.03 Å². The van der Waals surface area contributed by atoms with Gasteiger partial charge in [0, 0.05) is 17.2 Å². The SMILES string of the molecule is CCc1nnc(CSc2nncc3ccccc23)o1. The van der Waals surface area contributed by atoms with E-state index in [1.54, 1.807) is 18.0 Å². The number of benzene rings is 1. The Bertz CT molecular complexity index is 692. The zero-order valence-electron chi connectivity index (χ0n) is 10.4. The fourth-order valence-electron chi connectivity index (χ4n) is 1.73. The van der Waals surface area contributed by atoms with Crippen molar-refractivity contribution in [2.24, 2.45) is 0 Å². The molecule has 2 aromatic heterocycles. The smallest absolute Gasteiger partial charge is 0.226 e. The van der Waals surface area contributed by atoms with Gasteiger partial charge in [0.05, 0.1) is 11.9 Å². The molecule has 0 amide bonds. The van der Waals surface area contributed by atoms with Crippen LogP contribution in [0, 0.1) is 0 Å². The van der Waals surface area contributed by atoms with Crippen LogP contribution in [0.3, 0.4) is 0 Å². The van der Waals surface area contributed by atoms with Gasteiger partial charge >= 0.3 is 0 Å². The summed E-state index contributed by atoms with van der Waals surface area (Å²) in [5.74, 6) is 1.89. The first-order chi connectivity index (χ1) is 9.36. The van der Waals surface area contributed by atoms with Gasteiger partial charge in [0.2, 0.25) is 11.8 Å². The lowest BCUT2D eigenvalue weighted by atomic mass is 10.2. The molecule has 19 heavy (non-hydrogen) atoms. The molecule has 0 radical (unpaired) electrons. The number of aromatic nitrogens is 4. The summed E-state index contributed by atoms with van der Waals surface area (Å²) in [6, 6.07) is 8.05. The zero-order valence-corrected chi connectivity index (χ0v) is 11.2. The van der Waals surface area contributed by atoms with Gasteiger partial charge in [-0.05, 0) is 0 Å². The molecule has 0 aliphatic heterocycles. The molecule has 0 spiro atoms. The average molecular weight is 272 g/mol. The summed E-state index contributed by atoms with van der Waals surface area (Å²) in [6.07, 6.45) is 2.52. The van der Waals surface area contributed by atoms with Crippen LogP contribution in [0.5, 0.6) is 0 Å². The van der Waals surface area contributed by atoms with Crippen LogP contribution in [-0.2, 0) is 12.2 Å². The molecule has 6 heteroatoms. The Morgan fingerprint density at radius 3 is 2.79 bits per heavy atom. The van der Waals surface area contributed by atoms with E-state index >= 15 is 0 Å². The molecule has 2 heterocycles. The van der Waals surface area contributed by atoms with E-state index in [9.17, 15) is 0 Å². The van der Waals surface area contributed by atoms with Crippen molar-refractivity contribution in [3.63, 3.8) is 0 Å². The summed E-state index contributed by atoms with van der Waals surface area (Å²) in [6.45, 7) is 1.99. The van der Waals surface area contributed by atoms with Gasteiger partial charge in [0.15, 0.2) is 0 Å². The van der Waals surface area contributed by atoms with Gasteiger partial charge in [-0.25, -0.2) is 0 Å². The first kappa shape index (κ1) is 12.1. The van der Waals surface area contributed by atoms with E-state index in [2.05, 4.69) is 20.4 Å². The molecular weight excluding hydrogens is 260 g/mol. The maximum atomic E-state index is 5.48. The lowest BCUT2D eigenvalue weighted by Crippen LogP contribution is -1.88. The molecule has 96 valence electrons. The van der Waals surface area contributed by atoms with Crippen molar-refractivity contribution in [3.05, 3.63) is 42.2 Å². The predicted octanol–water partition coefficient (Wildman–Crippen LogP) is 2.87. The lowest BCUT2D eigenvalue weighted by Gasteiger charge is -2.01. The van der Waals surface area contributed by atoms with Crippen molar-refractivity contribution < 1.29 is 4.42 Å². The van der Waals surface area contributed by atoms with E-state index in [0.29, 0.717) is 17.5 Å². The normalized spacial score (nSPS) is 11.0. The molecule has 0 atom stereocenters. The van der Waals surface area contributed by atoms with Gasteiger partial charge in [0.25, 0.3) is 0 Å². The molecule has 0 saturated heterocycles. The summed E-state index contributed by atoms with van der Waals surface area (Å²) >= 11 is 1.56. The molecule has 3 rings (SSSR count). The highest BCUT2D eigenvalue weighted by molar-refractivity contribution is 7.98. The van der Waals surface area contributed by atoms with Crippen molar-refractivity contribution in [3.8, 4) is 0 Å². The Balaban J connectivity index is 1.81. The average Bonchev–Trinajstić information content (AvgIpc) is 2.93. The molecule has 0 saturated carbocycles. The molecule has 0 N–H and O–H groups in total. The summed E-state index contributed by atoms with van der Waals surface area (Å²) in [5, 5.41) is 19.2. The Kier molecular flexibility index (Phi) is 3.41. The first-order valence-electron chi connectivity index (χ1n) is 6.01. The van der Waals surface area contributed by atoms with Gasteiger partial charge in [-0.1, -0.05) is 43.0 Å². The fourth-order valence-corrected chi connectivity index (χ4v) is 2.55. The Hall–Kier alpha value is -1.95. The number of rotatable bonds is 4. The minimum Gasteiger partial charge on any atom is -0.424 e. The maximum absolute atomic E-state index is 5.48. The highest BCUT2D eigenvalue weighted by Crippen LogP contribution is 2.26. The molecule has 0 unspecified atom stereocenters. The molecule has 1 aromatic carbocycles. The number of fused-ring (bicyclic) bond motifs is 1. The fraction of sp³-hybridized carbons (Fsp3) is 0.231. The number of thioether (sulfide) groups is 1. The second-order valence-corrected chi connectivity index (χ2v) is 4.93. The van der Waals surface area contributed by atoms with E-state index in [1.165, 1.54) is 0 Å². The molecule has 0 aliphatic carbocycles. The van der Waals surface area contributed by atoms with E-state index in [0.717, 1.165) is 22.2 Å². The highest BCUT2D eigenvalue weighted by Gasteiger charge is 2.08. The van der Waals surface area contributed by atoms with Crippen LogP contribution in [0.2, 0.25) is 0 Å². The molecule has 0 fully saturated rings. The molecule has 3 aromatic rings. The van der Waals surface area contributed by atoms with Crippen LogP contribution >= 0.6 is 11.8 Å². The molecule has 0 aliphatic rings. The Labute approximate surface area is 114 Å². The number of aryl methyl sites for hydroxylation is 1. The predicted molar refractivity (Wildman–Crippen MR) is 72.8 cm³/mol. The quantitative estimate of drug-likeness (QED) is 0.680. The van der Waals surface area contributed by atoms with Gasteiger partial charge < -0.3 is 4.42 Å². The highest BCUT2D eigenvalue weighted by atomic mass is 32.2. The van der Waals surface area contributed by atoms with Crippen molar-refractivity contribution in [2.45, 2.75) is 24.1 Å². The van der Waals surface area contributed by atoms with Crippen LogP contribution in [0.1, 0.15) is 18.7 Å². The lowest BCUT2D eigenvalue weighted by molar-refractivity contribution is 0.470. The van der Waals surface area contributed by atoms with Crippen molar-refractivity contribution in [1.29, 1.82) is 0 Å². The molecule has 0 bridgehead atoms. The van der Waals surface area contributed by atoms with Gasteiger partial charge in [-0.15, -0.1) is 15.3 Å². The third-order valence-electron chi connectivity index (χ3n) is 2.68. The number of nitrogens with zero attached hydrogens (tertiary/aromatic N) is 4. The van der Waals surface area contributed by atoms with Crippen LogP contribution < -0.4 is 0 Å². The molecule has 5 nitrogen and oxygen atoms in total.